The minimum Gasteiger partial charge on any atom is -0.506 e. The van der Waals surface area contributed by atoms with Crippen molar-refractivity contribution in [2.45, 2.75) is 20.0 Å². The average molecular weight is 396 g/mol. The van der Waals surface area contributed by atoms with Crippen LogP contribution in [0.2, 0.25) is 0 Å². The highest BCUT2D eigenvalue weighted by molar-refractivity contribution is 6.02. The quantitative estimate of drug-likeness (QED) is 0.604. The van der Waals surface area contributed by atoms with E-state index < -0.39 is 22.8 Å². The van der Waals surface area contributed by atoms with Crippen molar-refractivity contribution in [3.63, 3.8) is 0 Å². The first kappa shape index (κ1) is 20.0. The maximum atomic E-state index is 12.5. The fourth-order valence-electron chi connectivity index (χ4n) is 2.88. The molecule has 9 heteroatoms. The molecule has 1 amide bonds. The van der Waals surface area contributed by atoms with Crippen LogP contribution in [0.5, 0.6) is 11.5 Å². The van der Waals surface area contributed by atoms with Gasteiger partial charge in [-0.25, -0.2) is 0 Å². The van der Waals surface area contributed by atoms with Gasteiger partial charge in [-0.15, -0.1) is 10.2 Å². The molecule has 0 radical (unpaired) electrons. The summed E-state index contributed by atoms with van der Waals surface area (Å²) in [6, 6.07) is 8.75. The largest absolute Gasteiger partial charge is 0.506 e. The molecule has 0 fully saturated rings. The predicted molar refractivity (Wildman–Crippen MR) is 106 cm³/mol. The second kappa shape index (κ2) is 8.09. The van der Waals surface area contributed by atoms with E-state index in [0.717, 1.165) is 4.57 Å². The number of benzene rings is 1. The molecule has 0 unspecified atom stereocenters. The van der Waals surface area contributed by atoms with Gasteiger partial charge >= 0.3 is 0 Å². The number of hydrogen-bond donors (Lipinski definition) is 2. The number of ether oxygens (including phenoxy) is 1. The van der Waals surface area contributed by atoms with Crippen molar-refractivity contribution < 1.29 is 19.4 Å². The summed E-state index contributed by atoms with van der Waals surface area (Å²) in [7, 11) is 1.42. The number of amides is 1. The third kappa shape index (κ3) is 3.93. The van der Waals surface area contributed by atoms with Gasteiger partial charge in [-0.2, -0.15) is 0 Å². The number of fused-ring (bicyclic) bond motifs is 1. The van der Waals surface area contributed by atoms with Crippen LogP contribution in [0.15, 0.2) is 35.1 Å². The van der Waals surface area contributed by atoms with E-state index in [2.05, 4.69) is 15.5 Å². The molecule has 0 spiro atoms. The van der Waals surface area contributed by atoms with E-state index in [0.29, 0.717) is 23.3 Å². The predicted octanol–water partition coefficient (Wildman–Crippen LogP) is 1.42. The molecule has 3 aromatic rings. The molecule has 0 saturated heterocycles. The van der Waals surface area contributed by atoms with Crippen LogP contribution >= 0.6 is 0 Å². The fourth-order valence-corrected chi connectivity index (χ4v) is 2.88. The van der Waals surface area contributed by atoms with Gasteiger partial charge in [0.1, 0.15) is 23.3 Å². The highest BCUT2D eigenvalue weighted by Gasteiger charge is 2.22. The van der Waals surface area contributed by atoms with E-state index in [1.165, 1.54) is 7.05 Å². The van der Waals surface area contributed by atoms with Crippen LogP contribution < -0.4 is 15.6 Å². The van der Waals surface area contributed by atoms with Gasteiger partial charge < -0.3 is 20.0 Å². The zero-order valence-electron chi connectivity index (χ0n) is 16.2. The Hall–Kier alpha value is -3.75. The van der Waals surface area contributed by atoms with E-state index in [-0.39, 0.29) is 23.7 Å². The fraction of sp³-hybridized carbons (Fsp3) is 0.250. The van der Waals surface area contributed by atoms with Gasteiger partial charge in [-0.1, -0.05) is 12.1 Å². The van der Waals surface area contributed by atoms with Gasteiger partial charge in [-0.3, -0.25) is 14.2 Å². The molecular weight excluding hydrogens is 376 g/mol. The summed E-state index contributed by atoms with van der Waals surface area (Å²) in [5, 5.41) is 21.3. The first-order chi connectivity index (χ1) is 13.8. The molecule has 0 atom stereocenters. The van der Waals surface area contributed by atoms with Crippen LogP contribution in [-0.4, -0.2) is 44.7 Å². The highest BCUT2D eigenvalue weighted by Crippen LogP contribution is 2.29. The Balaban J connectivity index is 2.15. The summed E-state index contributed by atoms with van der Waals surface area (Å²) in [5.74, 6) is -0.710. The molecule has 1 aromatic carbocycles. The molecule has 0 aliphatic heterocycles. The molecule has 0 bridgehead atoms. The van der Waals surface area contributed by atoms with Gasteiger partial charge in [0.25, 0.3) is 11.5 Å². The Morgan fingerprint density at radius 1 is 1.31 bits per heavy atom. The van der Waals surface area contributed by atoms with Crippen LogP contribution in [0.1, 0.15) is 24.2 Å². The first-order valence-corrected chi connectivity index (χ1v) is 8.91. The summed E-state index contributed by atoms with van der Waals surface area (Å²) in [5.41, 5.74) is 0.0425. The molecule has 3 rings (SSSR count). The lowest BCUT2D eigenvalue weighted by molar-refractivity contribution is -0.107. The minimum absolute atomic E-state index is 0.000979. The van der Waals surface area contributed by atoms with E-state index in [9.17, 15) is 19.5 Å². The van der Waals surface area contributed by atoms with E-state index >= 15 is 0 Å². The number of nitrogens with one attached hydrogen (secondary N) is 1. The molecule has 2 N–H and O–H groups in total. The van der Waals surface area contributed by atoms with E-state index in [1.807, 2.05) is 19.9 Å². The topological polar surface area (TPSA) is 123 Å². The maximum absolute atomic E-state index is 12.5. The number of aldehydes is 1. The average Bonchev–Trinajstić information content (AvgIpc) is 2.70. The van der Waals surface area contributed by atoms with Gasteiger partial charge in [0.15, 0.2) is 5.65 Å². The second-order valence-corrected chi connectivity index (χ2v) is 6.63. The molecule has 0 aliphatic carbocycles. The van der Waals surface area contributed by atoms with Crippen molar-refractivity contribution in [1.82, 2.24) is 20.1 Å². The lowest BCUT2D eigenvalue weighted by atomic mass is 10.1. The maximum Gasteiger partial charge on any atom is 0.268 e. The zero-order chi connectivity index (χ0) is 21.1. The number of carbonyl (C=O) groups is 2. The highest BCUT2D eigenvalue weighted by atomic mass is 16.5. The normalized spacial score (nSPS) is 10.9. The number of hydrogen-bond acceptors (Lipinski definition) is 7. The second-order valence-electron chi connectivity index (χ2n) is 6.63. The van der Waals surface area contributed by atoms with Gasteiger partial charge in [0.05, 0.1) is 23.7 Å². The molecule has 150 valence electrons. The number of aryl methyl sites for hydroxylation is 1. The zero-order valence-corrected chi connectivity index (χ0v) is 16.2. The number of aromatic hydroxyl groups is 1. The van der Waals surface area contributed by atoms with Crippen molar-refractivity contribution in [3.8, 4) is 22.8 Å². The van der Waals surface area contributed by atoms with Crippen molar-refractivity contribution in [2.75, 3.05) is 6.54 Å². The summed E-state index contributed by atoms with van der Waals surface area (Å²) in [4.78, 5) is 35.2. The molecule has 29 heavy (non-hydrogen) atoms. The SMILES string of the molecule is CC(C)Oc1cccc(-c2cc3c(O)c(C(=O)NCC=O)c(=O)n(C)c3nn2)c1. The van der Waals surface area contributed by atoms with Crippen LogP contribution in [0.25, 0.3) is 22.3 Å². The number of rotatable bonds is 6. The Labute approximate surface area is 166 Å². The Kier molecular flexibility index (Phi) is 5.58. The molecular formula is C20H20N4O5. The van der Waals surface area contributed by atoms with E-state index in [4.69, 9.17) is 4.74 Å². The Morgan fingerprint density at radius 2 is 2.07 bits per heavy atom. The lowest BCUT2D eigenvalue weighted by Crippen LogP contribution is -2.33. The van der Waals surface area contributed by atoms with Crippen LogP contribution in [0.3, 0.4) is 0 Å². The summed E-state index contributed by atoms with van der Waals surface area (Å²) in [6.45, 7) is 3.55. The smallest absolute Gasteiger partial charge is 0.268 e. The third-order valence-electron chi connectivity index (χ3n) is 4.18. The standard InChI is InChI=1S/C20H20N4O5/c1-11(2)29-13-6-4-5-12(9-13)15-10-14-17(26)16(19(27)21-7-8-25)20(28)24(3)18(14)23-22-15/h4-6,8-11,26H,7H2,1-3H3,(H,21,27). The molecule has 0 saturated carbocycles. The van der Waals surface area contributed by atoms with Crippen LogP contribution in [0, 0.1) is 0 Å². The summed E-state index contributed by atoms with van der Waals surface area (Å²) >= 11 is 0. The van der Waals surface area contributed by atoms with Crippen LogP contribution in [0.4, 0.5) is 0 Å². The third-order valence-corrected chi connectivity index (χ3v) is 4.18. The monoisotopic (exact) mass is 396 g/mol. The molecule has 2 heterocycles. The Bertz CT molecular complexity index is 1150. The van der Waals surface area contributed by atoms with Crippen molar-refractivity contribution >= 4 is 23.2 Å². The number of nitrogens with zero attached hydrogens (tertiary/aromatic N) is 3. The number of aromatic nitrogens is 3. The van der Waals surface area contributed by atoms with Gasteiger partial charge in [-0.05, 0) is 32.0 Å². The summed E-state index contributed by atoms with van der Waals surface area (Å²) < 4.78 is 6.81. The summed E-state index contributed by atoms with van der Waals surface area (Å²) in [6.07, 6.45) is 0.481. The minimum atomic E-state index is -0.845. The van der Waals surface area contributed by atoms with Gasteiger partial charge in [0.2, 0.25) is 0 Å². The number of pyridine rings is 1. The molecule has 0 aliphatic rings. The molecule has 2 aromatic heterocycles. The van der Waals surface area contributed by atoms with E-state index in [1.54, 1.807) is 24.3 Å². The van der Waals surface area contributed by atoms with Crippen molar-refractivity contribution in [2.24, 2.45) is 7.05 Å². The van der Waals surface area contributed by atoms with Gasteiger partial charge in [0, 0.05) is 12.6 Å². The van der Waals surface area contributed by atoms with Crippen LogP contribution in [-0.2, 0) is 11.8 Å². The molecule has 9 nitrogen and oxygen atoms in total. The first-order valence-electron chi connectivity index (χ1n) is 8.91. The van der Waals surface area contributed by atoms with Crippen molar-refractivity contribution in [3.05, 3.63) is 46.2 Å². The Morgan fingerprint density at radius 3 is 2.76 bits per heavy atom. The lowest BCUT2D eigenvalue weighted by Gasteiger charge is -2.12. The number of carbonyl (C=O) groups excluding carboxylic acids is 2. The van der Waals surface area contributed by atoms with Crippen molar-refractivity contribution in [1.29, 1.82) is 0 Å².